The Bertz CT molecular complexity index is 425. The molecule has 0 bridgehead atoms. The zero-order valence-electron chi connectivity index (χ0n) is 11.9. The molecule has 0 amide bonds. The smallest absolute Gasteiger partial charge is 0.153 e. The average Bonchev–Trinajstić information content (AvgIpc) is 2.47. The fraction of sp³-hybridized carbons (Fsp3) is 0.562. The van der Waals surface area contributed by atoms with Crippen LogP contribution in [0.3, 0.4) is 0 Å². The van der Waals surface area contributed by atoms with E-state index in [1.807, 2.05) is 18.2 Å². The third-order valence-corrected chi connectivity index (χ3v) is 4.04. The van der Waals surface area contributed by atoms with Gasteiger partial charge in [0, 0.05) is 25.3 Å². The number of benzene rings is 1. The van der Waals surface area contributed by atoms with Crippen molar-refractivity contribution in [1.82, 2.24) is 0 Å². The number of carbonyl (C=O) groups excluding carboxylic acids is 1. The summed E-state index contributed by atoms with van der Waals surface area (Å²) in [5, 5.41) is 0. The van der Waals surface area contributed by atoms with Crippen LogP contribution in [0, 0.1) is 5.92 Å². The molecule has 1 fully saturated rings. The SMILES string of the molecule is COc1cc(N(C)CC2CCCCC2)ccc1C=O. The molecule has 3 nitrogen and oxygen atoms in total. The average molecular weight is 261 g/mol. The maximum absolute atomic E-state index is 10.9. The first-order valence-corrected chi connectivity index (χ1v) is 7.09. The molecule has 2 rings (SSSR count). The van der Waals surface area contributed by atoms with Crippen LogP contribution in [0.1, 0.15) is 42.5 Å². The van der Waals surface area contributed by atoms with E-state index in [0.717, 1.165) is 24.4 Å². The molecular formula is C16H23NO2. The Morgan fingerprint density at radius 1 is 1.32 bits per heavy atom. The van der Waals surface area contributed by atoms with E-state index in [0.29, 0.717) is 11.3 Å². The predicted molar refractivity (Wildman–Crippen MR) is 78.2 cm³/mol. The summed E-state index contributed by atoms with van der Waals surface area (Å²) in [5.41, 5.74) is 1.73. The molecule has 0 N–H and O–H groups in total. The molecule has 104 valence electrons. The van der Waals surface area contributed by atoms with Gasteiger partial charge in [-0.2, -0.15) is 0 Å². The summed E-state index contributed by atoms with van der Waals surface area (Å²) in [4.78, 5) is 13.2. The molecule has 1 saturated carbocycles. The van der Waals surface area contributed by atoms with Crippen LogP contribution in [0.25, 0.3) is 0 Å². The number of aldehydes is 1. The fourth-order valence-corrected chi connectivity index (χ4v) is 2.90. The Labute approximate surface area is 115 Å². The molecule has 0 spiro atoms. The summed E-state index contributed by atoms with van der Waals surface area (Å²) in [6.07, 6.45) is 7.64. The largest absolute Gasteiger partial charge is 0.496 e. The van der Waals surface area contributed by atoms with Crippen LogP contribution in [0.5, 0.6) is 5.75 Å². The molecule has 0 aliphatic heterocycles. The second kappa shape index (κ2) is 6.60. The number of anilines is 1. The van der Waals surface area contributed by atoms with E-state index in [9.17, 15) is 4.79 Å². The van der Waals surface area contributed by atoms with E-state index in [-0.39, 0.29) is 0 Å². The van der Waals surface area contributed by atoms with Gasteiger partial charge < -0.3 is 9.64 Å². The van der Waals surface area contributed by atoms with Crippen LogP contribution in [0.2, 0.25) is 0 Å². The van der Waals surface area contributed by atoms with Crippen LogP contribution in [0.15, 0.2) is 18.2 Å². The first-order chi connectivity index (χ1) is 9.24. The lowest BCUT2D eigenvalue weighted by Gasteiger charge is -2.28. The van der Waals surface area contributed by atoms with E-state index in [1.54, 1.807) is 7.11 Å². The summed E-state index contributed by atoms with van der Waals surface area (Å²) < 4.78 is 5.26. The van der Waals surface area contributed by atoms with Crippen LogP contribution < -0.4 is 9.64 Å². The molecule has 0 aromatic heterocycles. The minimum Gasteiger partial charge on any atom is -0.496 e. The summed E-state index contributed by atoms with van der Waals surface area (Å²) >= 11 is 0. The predicted octanol–water partition coefficient (Wildman–Crippen LogP) is 3.52. The molecule has 1 aromatic carbocycles. The highest BCUT2D eigenvalue weighted by Gasteiger charge is 2.16. The van der Waals surface area contributed by atoms with Crippen molar-refractivity contribution in [3.8, 4) is 5.75 Å². The molecule has 0 radical (unpaired) electrons. The molecule has 0 heterocycles. The Hall–Kier alpha value is -1.51. The Morgan fingerprint density at radius 2 is 2.05 bits per heavy atom. The first-order valence-electron chi connectivity index (χ1n) is 7.09. The summed E-state index contributed by atoms with van der Waals surface area (Å²) in [5.74, 6) is 1.46. The maximum atomic E-state index is 10.9. The highest BCUT2D eigenvalue weighted by molar-refractivity contribution is 5.80. The number of carbonyl (C=O) groups is 1. The number of methoxy groups -OCH3 is 1. The number of hydrogen-bond donors (Lipinski definition) is 0. The van der Waals surface area contributed by atoms with Gasteiger partial charge in [-0.25, -0.2) is 0 Å². The van der Waals surface area contributed by atoms with Crippen molar-refractivity contribution in [1.29, 1.82) is 0 Å². The van der Waals surface area contributed by atoms with Crippen molar-refractivity contribution in [2.45, 2.75) is 32.1 Å². The van der Waals surface area contributed by atoms with Gasteiger partial charge in [-0.05, 0) is 30.9 Å². The van der Waals surface area contributed by atoms with Gasteiger partial charge in [0.15, 0.2) is 6.29 Å². The second-order valence-corrected chi connectivity index (χ2v) is 5.43. The number of ether oxygens (including phenoxy) is 1. The summed E-state index contributed by atoms with van der Waals surface area (Å²) in [6, 6.07) is 5.78. The van der Waals surface area contributed by atoms with Crippen LogP contribution in [-0.2, 0) is 0 Å². The number of rotatable bonds is 5. The van der Waals surface area contributed by atoms with Crippen LogP contribution in [-0.4, -0.2) is 27.0 Å². The second-order valence-electron chi connectivity index (χ2n) is 5.43. The molecule has 0 saturated heterocycles. The molecule has 1 aromatic rings. The third kappa shape index (κ3) is 3.49. The van der Waals surface area contributed by atoms with Crippen molar-refractivity contribution in [2.24, 2.45) is 5.92 Å². The highest BCUT2D eigenvalue weighted by atomic mass is 16.5. The number of nitrogens with zero attached hydrogens (tertiary/aromatic N) is 1. The van der Waals surface area contributed by atoms with Gasteiger partial charge in [-0.1, -0.05) is 19.3 Å². The molecule has 0 unspecified atom stereocenters. The van der Waals surface area contributed by atoms with Gasteiger partial charge in [-0.15, -0.1) is 0 Å². The van der Waals surface area contributed by atoms with Crippen molar-refractivity contribution in [2.75, 3.05) is 25.6 Å². The van der Waals surface area contributed by atoms with Gasteiger partial charge in [0.1, 0.15) is 5.75 Å². The summed E-state index contributed by atoms with van der Waals surface area (Å²) in [6.45, 7) is 1.09. The minimum atomic E-state index is 0.609. The molecule has 1 aliphatic rings. The van der Waals surface area contributed by atoms with E-state index < -0.39 is 0 Å². The van der Waals surface area contributed by atoms with Crippen LogP contribution >= 0.6 is 0 Å². The molecule has 19 heavy (non-hydrogen) atoms. The van der Waals surface area contributed by atoms with E-state index >= 15 is 0 Å². The summed E-state index contributed by atoms with van der Waals surface area (Å²) in [7, 11) is 3.72. The normalized spacial score (nSPS) is 16.1. The van der Waals surface area contributed by atoms with Gasteiger partial charge in [0.2, 0.25) is 0 Å². The Morgan fingerprint density at radius 3 is 2.68 bits per heavy atom. The monoisotopic (exact) mass is 261 g/mol. The quantitative estimate of drug-likeness (QED) is 0.759. The zero-order valence-corrected chi connectivity index (χ0v) is 11.9. The maximum Gasteiger partial charge on any atom is 0.153 e. The standard InChI is InChI=1S/C16H23NO2/c1-17(11-13-6-4-3-5-7-13)15-9-8-14(12-18)16(10-15)19-2/h8-10,12-13H,3-7,11H2,1-2H3. The van der Waals surface area contributed by atoms with Crippen molar-refractivity contribution in [3.63, 3.8) is 0 Å². The lowest BCUT2D eigenvalue weighted by molar-refractivity contribution is 0.112. The van der Waals surface area contributed by atoms with Crippen molar-refractivity contribution >= 4 is 12.0 Å². The van der Waals surface area contributed by atoms with E-state index in [2.05, 4.69) is 11.9 Å². The lowest BCUT2D eigenvalue weighted by Crippen LogP contribution is -2.26. The molecule has 1 aliphatic carbocycles. The first kappa shape index (κ1) is 13.9. The number of hydrogen-bond acceptors (Lipinski definition) is 3. The van der Waals surface area contributed by atoms with Crippen molar-refractivity contribution in [3.05, 3.63) is 23.8 Å². The van der Waals surface area contributed by atoms with Gasteiger partial charge in [0.25, 0.3) is 0 Å². The van der Waals surface area contributed by atoms with Crippen LogP contribution in [0.4, 0.5) is 5.69 Å². The Balaban J connectivity index is 2.05. The topological polar surface area (TPSA) is 29.5 Å². The van der Waals surface area contributed by atoms with Gasteiger partial charge in [-0.3, -0.25) is 4.79 Å². The highest BCUT2D eigenvalue weighted by Crippen LogP contribution is 2.28. The zero-order chi connectivity index (χ0) is 13.7. The molecule has 3 heteroatoms. The third-order valence-electron chi connectivity index (χ3n) is 4.04. The molecular weight excluding hydrogens is 238 g/mol. The Kier molecular flexibility index (Phi) is 4.83. The fourth-order valence-electron chi connectivity index (χ4n) is 2.90. The minimum absolute atomic E-state index is 0.609. The van der Waals surface area contributed by atoms with Gasteiger partial charge in [0.05, 0.1) is 12.7 Å². The van der Waals surface area contributed by atoms with E-state index in [4.69, 9.17) is 4.74 Å². The lowest BCUT2D eigenvalue weighted by atomic mass is 9.89. The van der Waals surface area contributed by atoms with Gasteiger partial charge >= 0.3 is 0 Å². The van der Waals surface area contributed by atoms with Crippen molar-refractivity contribution < 1.29 is 9.53 Å². The van der Waals surface area contributed by atoms with E-state index in [1.165, 1.54) is 32.1 Å². The molecule has 0 atom stereocenters.